The topological polar surface area (TPSA) is 93.4 Å². The van der Waals surface area contributed by atoms with Crippen LogP contribution in [0.4, 0.5) is 0 Å². The molecule has 1 aliphatic rings. The molecule has 9 heteroatoms. The number of carbonyl (C=O) groups excluding carboxylic acids is 1. The second-order valence-corrected chi connectivity index (χ2v) is 8.25. The van der Waals surface area contributed by atoms with Crippen molar-refractivity contribution in [1.82, 2.24) is 14.3 Å². The van der Waals surface area contributed by atoms with E-state index >= 15 is 0 Å². The van der Waals surface area contributed by atoms with Crippen LogP contribution in [0.15, 0.2) is 64.5 Å². The normalized spacial score (nSPS) is 13.7. The first kappa shape index (κ1) is 18.4. The lowest BCUT2D eigenvalue weighted by Crippen LogP contribution is -2.33. The Morgan fingerprint density at radius 3 is 2.61 bits per heavy atom. The van der Waals surface area contributed by atoms with E-state index in [1.807, 2.05) is 30.3 Å². The molecule has 1 N–H and O–H groups in total. The Hall–Kier alpha value is -2.97. The Morgan fingerprint density at radius 1 is 1.14 bits per heavy atom. The van der Waals surface area contributed by atoms with Crippen molar-refractivity contribution >= 4 is 50.5 Å². The zero-order chi connectivity index (χ0) is 19.7. The third kappa shape index (κ3) is 3.56. The summed E-state index contributed by atoms with van der Waals surface area (Å²) in [7, 11) is -4.00. The number of nitrogens with one attached hydrogen (secondary N) is 1. The molecule has 0 bridgehead atoms. The van der Waals surface area contributed by atoms with E-state index in [4.69, 9.17) is 11.6 Å². The van der Waals surface area contributed by atoms with Gasteiger partial charge in [0.2, 0.25) is 0 Å². The molecule has 1 aliphatic heterocycles. The third-order valence-corrected chi connectivity index (χ3v) is 5.85. The molecule has 0 radical (unpaired) electrons. The number of hydrogen-bond donors (Lipinski definition) is 1. The molecular formula is C19H15ClN4O3S. The molecule has 0 atom stereocenters. The van der Waals surface area contributed by atoms with Gasteiger partial charge in [0.15, 0.2) is 5.82 Å². The van der Waals surface area contributed by atoms with Gasteiger partial charge in [-0.25, -0.2) is 18.1 Å². The van der Waals surface area contributed by atoms with Crippen LogP contribution in [-0.4, -0.2) is 30.1 Å². The molecule has 1 amide bonds. The van der Waals surface area contributed by atoms with E-state index in [0.29, 0.717) is 28.5 Å². The Labute approximate surface area is 166 Å². The van der Waals surface area contributed by atoms with E-state index in [1.54, 1.807) is 10.8 Å². The van der Waals surface area contributed by atoms with Crippen molar-refractivity contribution in [2.24, 2.45) is 4.99 Å². The maximum Gasteiger partial charge on any atom is 0.264 e. The van der Waals surface area contributed by atoms with Crippen LogP contribution in [0.5, 0.6) is 0 Å². The number of aromatic nitrogens is 2. The second-order valence-electron chi connectivity index (χ2n) is 6.13. The van der Waals surface area contributed by atoms with Crippen LogP contribution in [0, 0.1) is 0 Å². The standard InChI is InChI=1S/C19H15ClN4O3S/c20-13-7-9-14(10-8-13)28(26,27)23-18(25)12-24-17-6-2-1-4-15(17)22-19(24)16-5-3-11-21-16/h1-2,4-11H,3,12H2,(H,23,25). The lowest BCUT2D eigenvalue weighted by molar-refractivity contribution is -0.119. The first-order chi connectivity index (χ1) is 13.4. The molecule has 0 saturated heterocycles. The van der Waals surface area contributed by atoms with Gasteiger partial charge in [-0.05, 0) is 42.5 Å². The van der Waals surface area contributed by atoms with Crippen LogP contribution in [0.2, 0.25) is 5.02 Å². The number of allylic oxidation sites excluding steroid dienone is 1. The van der Waals surface area contributed by atoms with Crippen molar-refractivity contribution < 1.29 is 13.2 Å². The number of imidazole rings is 1. The predicted octanol–water partition coefficient (Wildman–Crippen LogP) is 3.01. The van der Waals surface area contributed by atoms with Crippen molar-refractivity contribution in [1.29, 1.82) is 0 Å². The van der Waals surface area contributed by atoms with Gasteiger partial charge in [-0.1, -0.05) is 23.7 Å². The summed E-state index contributed by atoms with van der Waals surface area (Å²) in [6, 6.07) is 12.9. The predicted molar refractivity (Wildman–Crippen MR) is 108 cm³/mol. The minimum absolute atomic E-state index is 0.0379. The van der Waals surface area contributed by atoms with Gasteiger partial charge in [0.05, 0.1) is 15.9 Å². The van der Waals surface area contributed by atoms with Crippen molar-refractivity contribution in [3.05, 3.63) is 65.5 Å². The zero-order valence-electron chi connectivity index (χ0n) is 14.5. The van der Waals surface area contributed by atoms with Crippen molar-refractivity contribution in [3.8, 4) is 0 Å². The number of hydrogen-bond acceptors (Lipinski definition) is 5. The number of fused-ring (bicyclic) bond motifs is 1. The maximum absolute atomic E-state index is 12.6. The summed E-state index contributed by atoms with van der Waals surface area (Å²) in [4.78, 5) is 21.4. The Kier molecular flexibility index (Phi) is 4.74. The molecule has 142 valence electrons. The van der Waals surface area contributed by atoms with E-state index in [9.17, 15) is 13.2 Å². The summed E-state index contributed by atoms with van der Waals surface area (Å²) >= 11 is 5.79. The smallest absolute Gasteiger partial charge is 0.264 e. The third-order valence-electron chi connectivity index (χ3n) is 4.20. The van der Waals surface area contributed by atoms with Gasteiger partial charge in [-0.2, -0.15) is 0 Å². The van der Waals surface area contributed by atoms with Gasteiger partial charge in [0, 0.05) is 17.7 Å². The van der Waals surface area contributed by atoms with Crippen LogP contribution in [0.1, 0.15) is 12.2 Å². The molecule has 2 heterocycles. The van der Waals surface area contributed by atoms with E-state index in [2.05, 4.69) is 14.7 Å². The molecular weight excluding hydrogens is 400 g/mol. The molecule has 0 spiro atoms. The molecule has 0 unspecified atom stereocenters. The molecule has 4 rings (SSSR count). The summed E-state index contributed by atoms with van der Waals surface area (Å²) in [6.45, 7) is -0.213. The minimum Gasteiger partial charge on any atom is -0.313 e. The largest absolute Gasteiger partial charge is 0.313 e. The fraction of sp³-hybridized carbons (Fsp3) is 0.105. The van der Waals surface area contributed by atoms with Crippen LogP contribution >= 0.6 is 11.6 Å². The highest BCUT2D eigenvalue weighted by Crippen LogP contribution is 2.24. The monoisotopic (exact) mass is 414 g/mol. The summed E-state index contributed by atoms with van der Waals surface area (Å²) in [6.07, 6.45) is 4.35. The summed E-state index contributed by atoms with van der Waals surface area (Å²) in [5, 5.41) is 0.408. The first-order valence-electron chi connectivity index (χ1n) is 8.43. The zero-order valence-corrected chi connectivity index (χ0v) is 16.1. The quantitative estimate of drug-likeness (QED) is 0.694. The second kappa shape index (κ2) is 7.21. The van der Waals surface area contributed by atoms with Gasteiger partial charge in [-0.15, -0.1) is 0 Å². The van der Waals surface area contributed by atoms with Crippen molar-refractivity contribution in [2.45, 2.75) is 17.9 Å². The Bertz CT molecular complexity index is 1230. The van der Waals surface area contributed by atoms with Gasteiger partial charge in [0.1, 0.15) is 12.2 Å². The van der Waals surface area contributed by atoms with E-state index in [-0.39, 0.29) is 11.4 Å². The molecule has 0 aliphatic carbocycles. The van der Waals surface area contributed by atoms with E-state index in [1.165, 1.54) is 24.3 Å². The Morgan fingerprint density at radius 2 is 1.89 bits per heavy atom. The molecule has 0 saturated carbocycles. The number of aliphatic imine (C=N–C) groups is 1. The number of para-hydroxylation sites is 2. The van der Waals surface area contributed by atoms with Gasteiger partial charge in [-0.3, -0.25) is 9.79 Å². The van der Waals surface area contributed by atoms with Gasteiger partial charge < -0.3 is 4.57 Å². The summed E-state index contributed by atoms with van der Waals surface area (Å²) < 4.78 is 28.7. The lowest BCUT2D eigenvalue weighted by atomic mass is 10.3. The highest BCUT2D eigenvalue weighted by atomic mass is 35.5. The van der Waals surface area contributed by atoms with Crippen LogP contribution in [0.3, 0.4) is 0 Å². The number of rotatable bonds is 5. The number of carbonyl (C=O) groups is 1. The highest BCUT2D eigenvalue weighted by molar-refractivity contribution is 7.90. The molecule has 2 aromatic carbocycles. The average Bonchev–Trinajstić information content (AvgIpc) is 3.30. The molecule has 7 nitrogen and oxygen atoms in total. The fourth-order valence-electron chi connectivity index (χ4n) is 2.95. The van der Waals surface area contributed by atoms with Gasteiger partial charge >= 0.3 is 0 Å². The maximum atomic E-state index is 12.6. The Balaban J connectivity index is 1.64. The minimum atomic E-state index is -4.00. The molecule has 0 fully saturated rings. The van der Waals surface area contributed by atoms with Crippen LogP contribution < -0.4 is 4.72 Å². The molecule has 28 heavy (non-hydrogen) atoms. The SMILES string of the molecule is O=C(Cn1c(C2=CCC=N2)nc2ccccc21)NS(=O)(=O)c1ccc(Cl)cc1. The highest BCUT2D eigenvalue weighted by Gasteiger charge is 2.21. The van der Waals surface area contributed by atoms with Crippen molar-refractivity contribution in [2.75, 3.05) is 0 Å². The number of amides is 1. The first-order valence-corrected chi connectivity index (χ1v) is 10.3. The fourth-order valence-corrected chi connectivity index (χ4v) is 4.05. The number of benzene rings is 2. The molecule has 3 aromatic rings. The van der Waals surface area contributed by atoms with Crippen LogP contribution in [0.25, 0.3) is 16.7 Å². The average molecular weight is 415 g/mol. The van der Waals surface area contributed by atoms with E-state index in [0.717, 1.165) is 5.52 Å². The molecule has 1 aromatic heterocycles. The number of halogens is 1. The summed E-state index contributed by atoms with van der Waals surface area (Å²) in [5.74, 6) is -0.157. The summed E-state index contributed by atoms with van der Waals surface area (Å²) in [5.41, 5.74) is 2.08. The van der Waals surface area contributed by atoms with Crippen LogP contribution in [-0.2, 0) is 21.4 Å². The van der Waals surface area contributed by atoms with Gasteiger partial charge in [0.25, 0.3) is 15.9 Å². The number of nitrogens with zero attached hydrogens (tertiary/aromatic N) is 3. The number of sulfonamides is 1. The van der Waals surface area contributed by atoms with Crippen molar-refractivity contribution in [3.63, 3.8) is 0 Å². The van der Waals surface area contributed by atoms with E-state index < -0.39 is 15.9 Å². The lowest BCUT2D eigenvalue weighted by Gasteiger charge is -2.10.